The molecule has 0 bridgehead atoms. The number of hydrogen-bond acceptors (Lipinski definition) is 5. The fourth-order valence-corrected chi connectivity index (χ4v) is 5.99. The Labute approximate surface area is 195 Å². The average Bonchev–Trinajstić information content (AvgIpc) is 3.56. The van der Waals surface area contributed by atoms with Gasteiger partial charge in [0.25, 0.3) is 5.91 Å². The van der Waals surface area contributed by atoms with E-state index >= 15 is 0 Å². The van der Waals surface area contributed by atoms with Gasteiger partial charge in [-0.2, -0.15) is 9.78 Å². The summed E-state index contributed by atoms with van der Waals surface area (Å²) in [4.78, 5) is 31.0. The Morgan fingerprint density at radius 3 is 2.45 bits per heavy atom. The Balaban J connectivity index is 1.18. The van der Waals surface area contributed by atoms with Crippen molar-refractivity contribution in [2.24, 2.45) is 17.6 Å². The molecular formula is C25H34N6O2. The van der Waals surface area contributed by atoms with Gasteiger partial charge in [0.1, 0.15) is 0 Å². The Morgan fingerprint density at radius 1 is 1.12 bits per heavy atom. The molecule has 5 rings (SSSR count). The molecule has 3 heterocycles. The molecule has 2 aromatic rings. The summed E-state index contributed by atoms with van der Waals surface area (Å²) in [7, 11) is 2.24. The highest BCUT2D eigenvalue weighted by Gasteiger charge is 2.43. The van der Waals surface area contributed by atoms with E-state index in [9.17, 15) is 9.59 Å². The van der Waals surface area contributed by atoms with E-state index in [1.807, 2.05) is 4.90 Å². The second kappa shape index (κ2) is 8.82. The highest BCUT2D eigenvalue weighted by atomic mass is 16.2. The highest BCUT2D eigenvalue weighted by Crippen LogP contribution is 2.40. The topological polar surface area (TPSA) is 87.7 Å². The first-order valence-corrected chi connectivity index (χ1v) is 12.1. The lowest BCUT2D eigenvalue weighted by Crippen LogP contribution is -2.36. The van der Waals surface area contributed by atoms with Crippen molar-refractivity contribution < 1.29 is 9.59 Å². The lowest BCUT2D eigenvalue weighted by molar-refractivity contribution is 0.100. The van der Waals surface area contributed by atoms with E-state index in [0.717, 1.165) is 32.5 Å². The van der Waals surface area contributed by atoms with Gasteiger partial charge >= 0.3 is 6.03 Å². The molecule has 176 valence electrons. The number of rotatable bonds is 5. The molecule has 2 amide bonds. The number of nitrogens with two attached hydrogens (primary N) is 1. The third-order valence-corrected chi connectivity index (χ3v) is 7.71. The zero-order valence-corrected chi connectivity index (χ0v) is 19.6. The SMILES string of the molecule is Cc1cc(CN(C)C2C[C@@H]3CN(C(=O)n4cc(C(N)=O)cn4)C[C@@H]3C2)cc(N2CCCC2)c1. The molecule has 1 aromatic heterocycles. The number of anilines is 1. The Bertz CT molecular complexity index is 1030. The second-order valence-corrected chi connectivity index (χ2v) is 10.2. The van der Waals surface area contributed by atoms with Gasteiger partial charge in [0.15, 0.2) is 0 Å². The van der Waals surface area contributed by atoms with Gasteiger partial charge in [-0.05, 0) is 74.8 Å². The average molecular weight is 451 g/mol. The number of amides is 2. The van der Waals surface area contributed by atoms with E-state index < -0.39 is 5.91 Å². The fourth-order valence-electron chi connectivity index (χ4n) is 5.99. The number of likely N-dealkylation sites (tertiary alicyclic amines) is 1. The molecule has 2 aliphatic heterocycles. The lowest BCUT2D eigenvalue weighted by atomic mass is 10.0. The van der Waals surface area contributed by atoms with Crippen LogP contribution in [-0.4, -0.2) is 70.8 Å². The van der Waals surface area contributed by atoms with E-state index in [2.05, 4.69) is 47.1 Å². The van der Waals surface area contributed by atoms with Crippen LogP contribution in [0, 0.1) is 18.8 Å². The van der Waals surface area contributed by atoms with E-state index in [1.165, 1.54) is 59.8 Å². The summed E-state index contributed by atoms with van der Waals surface area (Å²) in [6.45, 7) is 7.00. The summed E-state index contributed by atoms with van der Waals surface area (Å²) in [5.41, 5.74) is 9.62. The van der Waals surface area contributed by atoms with Crippen LogP contribution in [-0.2, 0) is 6.54 Å². The van der Waals surface area contributed by atoms with Gasteiger partial charge < -0.3 is 15.5 Å². The zero-order chi connectivity index (χ0) is 23.1. The third kappa shape index (κ3) is 4.49. The Hall–Kier alpha value is -2.87. The number of hydrogen-bond donors (Lipinski definition) is 1. The number of benzene rings is 1. The smallest absolute Gasteiger partial charge is 0.344 e. The molecule has 33 heavy (non-hydrogen) atoms. The minimum absolute atomic E-state index is 0.170. The summed E-state index contributed by atoms with van der Waals surface area (Å²) in [6.07, 6.45) is 7.58. The molecule has 0 radical (unpaired) electrons. The summed E-state index contributed by atoms with van der Waals surface area (Å²) in [5, 5.41) is 4.02. The molecule has 8 nitrogen and oxygen atoms in total. The van der Waals surface area contributed by atoms with Gasteiger partial charge in [0, 0.05) is 50.6 Å². The number of aryl methyl sites for hydroxylation is 1. The zero-order valence-electron chi connectivity index (χ0n) is 19.6. The summed E-state index contributed by atoms with van der Waals surface area (Å²) < 4.78 is 1.24. The molecular weight excluding hydrogens is 416 g/mol. The van der Waals surface area contributed by atoms with Gasteiger partial charge in [-0.15, -0.1) is 0 Å². The number of primary amides is 1. The molecule has 1 aliphatic carbocycles. The molecule has 2 saturated heterocycles. The van der Waals surface area contributed by atoms with Crippen LogP contribution in [0.4, 0.5) is 10.5 Å². The van der Waals surface area contributed by atoms with Crippen LogP contribution in [0.1, 0.15) is 47.2 Å². The number of aromatic nitrogens is 2. The van der Waals surface area contributed by atoms with Crippen LogP contribution in [0.3, 0.4) is 0 Å². The Morgan fingerprint density at radius 2 is 1.82 bits per heavy atom. The van der Waals surface area contributed by atoms with Crippen molar-refractivity contribution in [3.05, 3.63) is 47.3 Å². The molecule has 1 saturated carbocycles. The highest BCUT2D eigenvalue weighted by molar-refractivity contribution is 5.93. The molecule has 3 atom stereocenters. The van der Waals surface area contributed by atoms with Crippen molar-refractivity contribution >= 4 is 17.6 Å². The first kappa shape index (κ1) is 21.9. The van der Waals surface area contributed by atoms with E-state index in [4.69, 9.17) is 5.73 Å². The number of fused-ring (bicyclic) bond motifs is 1. The van der Waals surface area contributed by atoms with E-state index in [1.54, 1.807) is 0 Å². The summed E-state index contributed by atoms with van der Waals surface area (Å²) >= 11 is 0. The molecule has 2 N–H and O–H groups in total. The molecule has 0 spiro atoms. The normalized spacial score (nSPS) is 24.6. The first-order valence-electron chi connectivity index (χ1n) is 12.1. The minimum Gasteiger partial charge on any atom is -0.372 e. The van der Waals surface area contributed by atoms with Crippen molar-refractivity contribution in [1.82, 2.24) is 19.6 Å². The molecule has 1 unspecified atom stereocenters. The standard InChI is InChI=1S/C25H34N6O2/c1-17-7-18(9-23(8-17)29-5-3-4-6-29)13-28(2)22-10-19-14-30(15-20(19)11-22)25(33)31-16-21(12-27-31)24(26)32/h7-9,12,16,19-20,22H,3-6,10-11,13-15H2,1-2H3,(H2,26,32)/t19-,20+,22?. The van der Waals surface area contributed by atoms with Crippen molar-refractivity contribution in [2.45, 2.75) is 45.2 Å². The van der Waals surface area contributed by atoms with Crippen molar-refractivity contribution in [3.8, 4) is 0 Å². The third-order valence-electron chi connectivity index (χ3n) is 7.71. The van der Waals surface area contributed by atoms with Crippen LogP contribution in [0.5, 0.6) is 0 Å². The van der Waals surface area contributed by atoms with Gasteiger partial charge in [-0.25, -0.2) is 4.79 Å². The van der Waals surface area contributed by atoms with E-state index in [0.29, 0.717) is 17.9 Å². The van der Waals surface area contributed by atoms with Crippen LogP contribution in [0.2, 0.25) is 0 Å². The van der Waals surface area contributed by atoms with Crippen LogP contribution < -0.4 is 10.6 Å². The van der Waals surface area contributed by atoms with Crippen molar-refractivity contribution in [3.63, 3.8) is 0 Å². The van der Waals surface area contributed by atoms with Crippen molar-refractivity contribution in [2.75, 3.05) is 38.1 Å². The van der Waals surface area contributed by atoms with E-state index in [-0.39, 0.29) is 11.6 Å². The number of nitrogens with zero attached hydrogens (tertiary/aromatic N) is 5. The largest absolute Gasteiger partial charge is 0.372 e. The van der Waals surface area contributed by atoms with Gasteiger partial charge in [-0.1, -0.05) is 6.07 Å². The number of carbonyl (C=O) groups is 2. The maximum atomic E-state index is 12.8. The van der Waals surface area contributed by atoms with Gasteiger partial charge in [0.2, 0.25) is 0 Å². The van der Waals surface area contributed by atoms with Crippen LogP contribution in [0.25, 0.3) is 0 Å². The molecule has 8 heteroatoms. The molecule has 3 aliphatic rings. The monoisotopic (exact) mass is 450 g/mol. The van der Waals surface area contributed by atoms with Gasteiger partial charge in [-0.3, -0.25) is 9.69 Å². The fraction of sp³-hybridized carbons (Fsp3) is 0.560. The molecule has 1 aromatic carbocycles. The summed E-state index contributed by atoms with van der Waals surface area (Å²) in [5.74, 6) is 0.467. The van der Waals surface area contributed by atoms with Gasteiger partial charge in [0.05, 0.1) is 11.8 Å². The minimum atomic E-state index is -0.570. The predicted molar refractivity (Wildman–Crippen MR) is 127 cm³/mol. The number of carbonyl (C=O) groups excluding carboxylic acids is 2. The van der Waals surface area contributed by atoms with Crippen LogP contribution in [0.15, 0.2) is 30.6 Å². The quantitative estimate of drug-likeness (QED) is 0.757. The molecule has 3 fully saturated rings. The van der Waals surface area contributed by atoms with Crippen molar-refractivity contribution in [1.29, 1.82) is 0 Å². The first-order chi connectivity index (χ1) is 15.9. The van der Waals surface area contributed by atoms with Crippen LogP contribution >= 0.6 is 0 Å². The maximum absolute atomic E-state index is 12.8. The maximum Gasteiger partial charge on any atom is 0.344 e. The predicted octanol–water partition coefficient (Wildman–Crippen LogP) is 2.70. The Kier molecular flexibility index (Phi) is 5.86. The summed E-state index contributed by atoms with van der Waals surface area (Å²) in [6, 6.07) is 7.37. The lowest BCUT2D eigenvalue weighted by Gasteiger charge is -2.27. The second-order valence-electron chi connectivity index (χ2n) is 10.2.